The number of pyridine rings is 1. The molecule has 3 rings (SSSR count). The Morgan fingerprint density at radius 2 is 2.11 bits per heavy atom. The highest BCUT2D eigenvalue weighted by molar-refractivity contribution is 6.09. The van der Waals surface area contributed by atoms with Crippen molar-refractivity contribution in [3.8, 4) is 0 Å². The van der Waals surface area contributed by atoms with Crippen molar-refractivity contribution in [2.45, 2.75) is 26.7 Å². The molecule has 0 aliphatic heterocycles. The van der Waals surface area contributed by atoms with Crippen LogP contribution in [0, 0.1) is 12.8 Å². The van der Waals surface area contributed by atoms with Gasteiger partial charge in [-0.25, -0.2) is 4.98 Å². The SMILES string of the molecule is Cc1nn(C)c2nc3c(c(N)c12)C(=O)C[C@H](C)C3. The number of anilines is 1. The van der Waals surface area contributed by atoms with Crippen LogP contribution in [0.3, 0.4) is 0 Å². The molecule has 0 radical (unpaired) electrons. The normalized spacial score (nSPS) is 19.3. The van der Waals surface area contributed by atoms with Crippen molar-refractivity contribution < 1.29 is 4.79 Å². The predicted octanol–water partition coefficient (Wildman–Crippen LogP) is 1.62. The quantitative estimate of drug-likeness (QED) is 0.764. The number of nitrogens with zero attached hydrogens (tertiary/aromatic N) is 3. The van der Waals surface area contributed by atoms with Gasteiger partial charge >= 0.3 is 0 Å². The Morgan fingerprint density at radius 3 is 2.83 bits per heavy atom. The Balaban J connectivity index is 2.40. The highest BCUT2D eigenvalue weighted by Crippen LogP contribution is 2.33. The van der Waals surface area contributed by atoms with Gasteiger partial charge in [-0.05, 0) is 19.3 Å². The van der Waals surface area contributed by atoms with Crippen molar-refractivity contribution in [3.05, 3.63) is 17.0 Å². The second-order valence-electron chi connectivity index (χ2n) is 5.19. The van der Waals surface area contributed by atoms with Gasteiger partial charge in [-0.3, -0.25) is 9.48 Å². The van der Waals surface area contributed by atoms with Gasteiger partial charge in [0, 0.05) is 13.5 Å². The first-order valence-corrected chi connectivity index (χ1v) is 6.14. The minimum atomic E-state index is 0.110. The molecule has 0 saturated heterocycles. The number of hydrogen-bond donors (Lipinski definition) is 1. The molecule has 2 heterocycles. The minimum absolute atomic E-state index is 0.110. The maximum atomic E-state index is 12.1. The van der Waals surface area contributed by atoms with Crippen LogP contribution in [-0.4, -0.2) is 20.5 Å². The number of fused-ring (bicyclic) bond motifs is 2. The van der Waals surface area contributed by atoms with Crippen LogP contribution in [0.4, 0.5) is 5.69 Å². The molecule has 2 N–H and O–H groups in total. The third-order valence-electron chi connectivity index (χ3n) is 3.61. The van der Waals surface area contributed by atoms with Gasteiger partial charge in [-0.15, -0.1) is 0 Å². The molecular weight excluding hydrogens is 228 g/mol. The van der Waals surface area contributed by atoms with E-state index in [0.29, 0.717) is 23.6 Å². The zero-order valence-corrected chi connectivity index (χ0v) is 10.8. The van der Waals surface area contributed by atoms with Crippen molar-refractivity contribution in [1.29, 1.82) is 0 Å². The third kappa shape index (κ3) is 1.36. The Kier molecular flexibility index (Phi) is 2.20. The Hall–Kier alpha value is -1.91. The lowest BCUT2D eigenvalue weighted by Crippen LogP contribution is -2.21. The van der Waals surface area contributed by atoms with E-state index in [1.54, 1.807) is 4.68 Å². The van der Waals surface area contributed by atoms with E-state index in [9.17, 15) is 4.79 Å². The summed E-state index contributed by atoms with van der Waals surface area (Å²) in [5.74, 6) is 0.447. The average molecular weight is 244 g/mol. The van der Waals surface area contributed by atoms with Gasteiger partial charge in [0.1, 0.15) is 0 Å². The molecule has 2 aromatic rings. The minimum Gasteiger partial charge on any atom is -0.397 e. The summed E-state index contributed by atoms with van der Waals surface area (Å²) in [5, 5.41) is 5.15. The summed E-state index contributed by atoms with van der Waals surface area (Å²) in [6.07, 6.45) is 1.37. The van der Waals surface area contributed by atoms with Crippen molar-refractivity contribution in [1.82, 2.24) is 14.8 Å². The molecule has 0 saturated carbocycles. The largest absolute Gasteiger partial charge is 0.397 e. The van der Waals surface area contributed by atoms with E-state index >= 15 is 0 Å². The number of nitrogens with two attached hydrogens (primary N) is 1. The molecule has 0 fully saturated rings. The van der Waals surface area contributed by atoms with E-state index in [1.807, 2.05) is 14.0 Å². The van der Waals surface area contributed by atoms with Gasteiger partial charge < -0.3 is 5.73 Å². The smallest absolute Gasteiger partial charge is 0.167 e. The molecule has 0 aromatic carbocycles. The Morgan fingerprint density at radius 1 is 1.39 bits per heavy atom. The second kappa shape index (κ2) is 3.54. The molecule has 0 spiro atoms. The van der Waals surface area contributed by atoms with Crippen LogP contribution in [0.5, 0.6) is 0 Å². The van der Waals surface area contributed by atoms with Crippen LogP contribution in [-0.2, 0) is 13.5 Å². The van der Waals surface area contributed by atoms with Gasteiger partial charge in [0.25, 0.3) is 0 Å². The molecule has 0 amide bonds. The van der Waals surface area contributed by atoms with E-state index < -0.39 is 0 Å². The van der Waals surface area contributed by atoms with Gasteiger partial charge in [0.2, 0.25) is 0 Å². The fourth-order valence-corrected chi connectivity index (χ4v) is 2.83. The average Bonchev–Trinajstić information content (AvgIpc) is 2.53. The number of carbonyl (C=O) groups excluding carboxylic acids is 1. The molecule has 94 valence electrons. The van der Waals surface area contributed by atoms with Gasteiger partial charge in [0.05, 0.1) is 28.0 Å². The van der Waals surface area contributed by atoms with Crippen LogP contribution in [0.15, 0.2) is 0 Å². The topological polar surface area (TPSA) is 73.8 Å². The van der Waals surface area contributed by atoms with Crippen LogP contribution < -0.4 is 5.73 Å². The van der Waals surface area contributed by atoms with Gasteiger partial charge in [-0.1, -0.05) is 6.92 Å². The number of nitrogen functional groups attached to an aromatic ring is 1. The van der Waals surface area contributed by atoms with Crippen LogP contribution >= 0.6 is 0 Å². The summed E-state index contributed by atoms with van der Waals surface area (Å²) in [4.78, 5) is 16.7. The van der Waals surface area contributed by atoms with Crippen molar-refractivity contribution >= 4 is 22.5 Å². The van der Waals surface area contributed by atoms with E-state index in [-0.39, 0.29) is 5.78 Å². The summed E-state index contributed by atoms with van der Waals surface area (Å²) in [6, 6.07) is 0. The molecule has 5 nitrogen and oxygen atoms in total. The molecule has 18 heavy (non-hydrogen) atoms. The van der Waals surface area contributed by atoms with Gasteiger partial charge in [0.15, 0.2) is 11.4 Å². The second-order valence-corrected chi connectivity index (χ2v) is 5.19. The van der Waals surface area contributed by atoms with E-state index in [4.69, 9.17) is 5.73 Å². The maximum Gasteiger partial charge on any atom is 0.167 e. The third-order valence-corrected chi connectivity index (χ3v) is 3.61. The maximum absolute atomic E-state index is 12.1. The number of ketones is 1. The molecule has 0 bridgehead atoms. The van der Waals surface area contributed by atoms with Crippen molar-refractivity contribution in [3.63, 3.8) is 0 Å². The first-order valence-electron chi connectivity index (χ1n) is 6.14. The lowest BCUT2D eigenvalue weighted by molar-refractivity contribution is 0.0953. The zero-order chi connectivity index (χ0) is 13.0. The molecule has 2 aromatic heterocycles. The molecule has 0 unspecified atom stereocenters. The summed E-state index contributed by atoms with van der Waals surface area (Å²) in [5.41, 5.74) is 9.77. The summed E-state index contributed by atoms with van der Waals surface area (Å²) < 4.78 is 1.73. The van der Waals surface area contributed by atoms with Crippen molar-refractivity contribution in [2.75, 3.05) is 5.73 Å². The lowest BCUT2D eigenvalue weighted by Gasteiger charge is -2.21. The monoisotopic (exact) mass is 244 g/mol. The van der Waals surface area contributed by atoms with Crippen molar-refractivity contribution in [2.24, 2.45) is 13.0 Å². The Labute approximate surface area is 105 Å². The first-order chi connectivity index (χ1) is 8.49. The lowest BCUT2D eigenvalue weighted by atomic mass is 9.86. The molecule has 1 atom stereocenters. The predicted molar refractivity (Wildman–Crippen MR) is 69.5 cm³/mol. The number of hydrogen-bond acceptors (Lipinski definition) is 4. The van der Waals surface area contributed by atoms with Crippen LogP contribution in [0.1, 0.15) is 35.1 Å². The highest BCUT2D eigenvalue weighted by atomic mass is 16.1. The van der Waals surface area contributed by atoms with E-state index in [1.165, 1.54) is 0 Å². The van der Waals surface area contributed by atoms with E-state index in [2.05, 4.69) is 17.0 Å². The molecule has 5 heteroatoms. The highest BCUT2D eigenvalue weighted by Gasteiger charge is 2.28. The first kappa shape index (κ1) is 11.2. The Bertz CT molecular complexity index is 671. The number of aryl methyl sites for hydroxylation is 2. The molecule has 1 aliphatic carbocycles. The van der Waals surface area contributed by atoms with Crippen LogP contribution in [0.25, 0.3) is 11.0 Å². The van der Waals surface area contributed by atoms with Crippen LogP contribution in [0.2, 0.25) is 0 Å². The summed E-state index contributed by atoms with van der Waals surface area (Å²) in [7, 11) is 1.85. The summed E-state index contributed by atoms with van der Waals surface area (Å²) in [6.45, 7) is 3.96. The number of carbonyl (C=O) groups is 1. The number of rotatable bonds is 0. The fourth-order valence-electron chi connectivity index (χ4n) is 2.83. The number of Topliss-reactive ketones (excluding diaryl/α,β-unsaturated/α-hetero) is 1. The number of aromatic nitrogens is 3. The van der Waals surface area contributed by atoms with Gasteiger partial charge in [-0.2, -0.15) is 5.10 Å². The molecule has 1 aliphatic rings. The summed E-state index contributed by atoms with van der Waals surface area (Å²) >= 11 is 0. The standard InChI is InChI=1S/C13H16N4O/c1-6-4-8-11(9(18)5-6)12(14)10-7(2)16-17(3)13(10)15-8/h6H,4-5H2,1-3H3,(H2,14,15)/t6-/m1/s1. The zero-order valence-electron chi connectivity index (χ0n) is 10.8. The molecular formula is C13H16N4O. The van der Waals surface area contributed by atoms with E-state index in [0.717, 1.165) is 28.8 Å². The fraction of sp³-hybridized carbons (Fsp3) is 0.462.